The molecule has 7 unspecified atom stereocenters. The third-order valence-electron chi connectivity index (χ3n) is 12.5. The normalized spacial score (nSPS) is 21.7. The number of hydrogen-bond donors (Lipinski definition) is 1. The molecular weight excluding hydrogens is 805 g/mol. The molecule has 9 heteroatoms. The van der Waals surface area contributed by atoms with Crippen LogP contribution in [-0.2, 0) is 18.9 Å². The summed E-state index contributed by atoms with van der Waals surface area (Å²) in [6, 6.07) is 21.3. The molecule has 0 saturated carbocycles. The SMILES string of the molecule is CCCCCCCC1OC(CC)CC(CC2CC(CC(C)O)OC(CCCCCCCCCCOc3cc(C)ccc3C(=O)Oc3ccc(-c4ccc(OCCCC)cc4)cc3)O2)O1. The van der Waals surface area contributed by atoms with Crippen molar-refractivity contribution in [2.45, 2.75) is 219 Å². The van der Waals surface area contributed by atoms with Gasteiger partial charge in [0.1, 0.15) is 22.8 Å². The van der Waals surface area contributed by atoms with Gasteiger partial charge in [-0.05, 0) is 118 Å². The highest BCUT2D eigenvalue weighted by Gasteiger charge is 2.36. The van der Waals surface area contributed by atoms with Gasteiger partial charge in [-0.15, -0.1) is 0 Å². The van der Waals surface area contributed by atoms with Crippen molar-refractivity contribution in [2.75, 3.05) is 13.2 Å². The predicted octanol–water partition coefficient (Wildman–Crippen LogP) is 13.9. The van der Waals surface area contributed by atoms with Gasteiger partial charge in [0.2, 0.25) is 0 Å². The standard InChI is InChI=1S/C55H82O9/c1-6-9-11-16-19-22-53-60-45(8-3)38-49(62-53)40-50-39-48(37-42(5)56)61-54(63-50)23-20-17-14-12-13-15-18-21-35-59-52-36-41(4)24-33-51(52)55(57)64-47-31-27-44(28-32-47)43-25-29-46(30-26-43)58-34-10-7-2/h24-33,36,42,45,48-50,53-54,56H,6-23,34-35,37-40H2,1-5H3. The quantitative estimate of drug-likeness (QED) is 0.0398. The zero-order valence-electron chi connectivity index (χ0n) is 40.1. The number of carbonyl (C=O) groups is 1. The predicted molar refractivity (Wildman–Crippen MR) is 256 cm³/mol. The molecule has 0 aliphatic carbocycles. The molecule has 0 radical (unpaired) electrons. The number of aliphatic hydroxyl groups excluding tert-OH is 1. The first kappa shape index (κ1) is 51.5. The van der Waals surface area contributed by atoms with Crippen LogP contribution in [0.2, 0.25) is 0 Å². The number of hydrogen-bond acceptors (Lipinski definition) is 9. The lowest BCUT2D eigenvalue weighted by molar-refractivity contribution is -0.275. The van der Waals surface area contributed by atoms with E-state index in [-0.39, 0.29) is 37.0 Å². The Morgan fingerprint density at radius 2 is 1.12 bits per heavy atom. The van der Waals surface area contributed by atoms with Crippen molar-refractivity contribution in [3.63, 3.8) is 0 Å². The highest BCUT2D eigenvalue weighted by Crippen LogP contribution is 2.33. The average molecular weight is 887 g/mol. The molecule has 0 aromatic heterocycles. The Morgan fingerprint density at radius 3 is 1.72 bits per heavy atom. The summed E-state index contributed by atoms with van der Waals surface area (Å²) in [5, 5.41) is 10.2. The minimum absolute atomic E-state index is 0.00430. The molecule has 1 N–H and O–H groups in total. The summed E-state index contributed by atoms with van der Waals surface area (Å²) in [4.78, 5) is 13.3. The molecule has 7 atom stereocenters. The van der Waals surface area contributed by atoms with E-state index in [4.69, 9.17) is 33.2 Å². The van der Waals surface area contributed by atoms with Crippen LogP contribution in [0.3, 0.4) is 0 Å². The lowest BCUT2D eigenvalue weighted by atomic mass is 9.96. The Morgan fingerprint density at radius 1 is 0.609 bits per heavy atom. The van der Waals surface area contributed by atoms with Gasteiger partial charge < -0.3 is 38.3 Å². The van der Waals surface area contributed by atoms with Gasteiger partial charge in [0.25, 0.3) is 0 Å². The van der Waals surface area contributed by atoms with Crippen LogP contribution in [-0.4, -0.2) is 67.4 Å². The number of benzene rings is 3. The van der Waals surface area contributed by atoms with Gasteiger partial charge in [-0.3, -0.25) is 0 Å². The second kappa shape index (κ2) is 29.2. The lowest BCUT2D eigenvalue weighted by Gasteiger charge is -2.40. The van der Waals surface area contributed by atoms with E-state index in [1.807, 2.05) is 74.5 Å². The van der Waals surface area contributed by atoms with Crippen molar-refractivity contribution >= 4 is 5.97 Å². The Hall–Kier alpha value is -3.47. The number of carbonyl (C=O) groups excluding carboxylic acids is 1. The zero-order valence-corrected chi connectivity index (χ0v) is 40.1. The van der Waals surface area contributed by atoms with E-state index < -0.39 is 12.1 Å². The molecule has 2 saturated heterocycles. The molecule has 2 fully saturated rings. The molecule has 0 amide bonds. The fraction of sp³-hybridized carbons (Fsp3) is 0.655. The van der Waals surface area contributed by atoms with E-state index in [2.05, 4.69) is 20.8 Å². The highest BCUT2D eigenvalue weighted by atomic mass is 16.7. The summed E-state index contributed by atoms with van der Waals surface area (Å²) in [5.41, 5.74) is 3.57. The van der Waals surface area contributed by atoms with Crippen molar-refractivity contribution < 1.29 is 43.1 Å². The largest absolute Gasteiger partial charge is 0.494 e. The fourth-order valence-electron chi connectivity index (χ4n) is 8.84. The second-order valence-electron chi connectivity index (χ2n) is 18.4. The average Bonchev–Trinajstić information content (AvgIpc) is 3.28. The third kappa shape index (κ3) is 18.8. The van der Waals surface area contributed by atoms with E-state index in [1.54, 1.807) is 6.07 Å². The number of esters is 1. The monoisotopic (exact) mass is 887 g/mol. The Balaban J connectivity index is 0.957. The number of rotatable bonds is 30. The molecule has 356 valence electrons. The number of aryl methyl sites for hydroxylation is 1. The molecule has 2 aliphatic heterocycles. The minimum Gasteiger partial charge on any atom is -0.494 e. The summed E-state index contributed by atoms with van der Waals surface area (Å²) < 4.78 is 43.5. The van der Waals surface area contributed by atoms with Crippen molar-refractivity contribution in [3.05, 3.63) is 77.9 Å². The summed E-state index contributed by atoms with van der Waals surface area (Å²) in [7, 11) is 0. The number of ether oxygens (including phenoxy) is 7. The van der Waals surface area contributed by atoms with Crippen LogP contribution < -0.4 is 14.2 Å². The lowest BCUT2D eigenvalue weighted by Crippen LogP contribution is -2.44. The number of aliphatic hydroxyl groups is 1. The van der Waals surface area contributed by atoms with Crippen LogP contribution in [0.5, 0.6) is 17.2 Å². The van der Waals surface area contributed by atoms with Gasteiger partial charge in [-0.25, -0.2) is 4.79 Å². The van der Waals surface area contributed by atoms with Gasteiger partial charge >= 0.3 is 5.97 Å². The van der Waals surface area contributed by atoms with Crippen molar-refractivity contribution in [2.24, 2.45) is 0 Å². The van der Waals surface area contributed by atoms with Gasteiger partial charge in [0, 0.05) is 19.3 Å². The van der Waals surface area contributed by atoms with Crippen LogP contribution in [0.15, 0.2) is 66.7 Å². The molecule has 0 bridgehead atoms. The van der Waals surface area contributed by atoms with E-state index in [0.717, 1.165) is 119 Å². The first-order valence-electron chi connectivity index (χ1n) is 25.3. The Bertz CT molecular complexity index is 1710. The first-order chi connectivity index (χ1) is 31.2. The van der Waals surface area contributed by atoms with Gasteiger partial charge in [-0.1, -0.05) is 122 Å². The molecule has 3 aromatic rings. The van der Waals surface area contributed by atoms with Crippen LogP contribution >= 0.6 is 0 Å². The second-order valence-corrected chi connectivity index (χ2v) is 18.4. The fourth-order valence-corrected chi connectivity index (χ4v) is 8.84. The van der Waals surface area contributed by atoms with Crippen LogP contribution in [0.4, 0.5) is 0 Å². The topological polar surface area (TPSA) is 102 Å². The molecule has 5 rings (SSSR count). The van der Waals surface area contributed by atoms with Gasteiger partial charge in [-0.2, -0.15) is 0 Å². The molecule has 9 nitrogen and oxygen atoms in total. The van der Waals surface area contributed by atoms with Crippen LogP contribution in [0.25, 0.3) is 11.1 Å². The van der Waals surface area contributed by atoms with E-state index in [9.17, 15) is 9.90 Å². The smallest absolute Gasteiger partial charge is 0.347 e. The van der Waals surface area contributed by atoms with Crippen LogP contribution in [0, 0.1) is 6.92 Å². The summed E-state index contributed by atoms with van der Waals surface area (Å²) >= 11 is 0. The van der Waals surface area contributed by atoms with Crippen molar-refractivity contribution in [1.29, 1.82) is 0 Å². The first-order valence-corrected chi connectivity index (χ1v) is 25.3. The Kier molecular flexibility index (Phi) is 23.5. The maximum Gasteiger partial charge on any atom is 0.347 e. The van der Waals surface area contributed by atoms with E-state index in [1.165, 1.54) is 44.9 Å². The number of unbranched alkanes of at least 4 members (excludes halogenated alkanes) is 12. The summed E-state index contributed by atoms with van der Waals surface area (Å²) in [6.45, 7) is 11.7. The van der Waals surface area contributed by atoms with E-state index >= 15 is 0 Å². The maximum atomic E-state index is 13.3. The Labute approximate surface area is 386 Å². The minimum atomic E-state index is -0.427. The zero-order chi connectivity index (χ0) is 45.4. The van der Waals surface area contributed by atoms with Gasteiger partial charge in [0.15, 0.2) is 12.6 Å². The van der Waals surface area contributed by atoms with E-state index in [0.29, 0.717) is 30.1 Å². The summed E-state index contributed by atoms with van der Waals surface area (Å²) in [6.07, 6.45) is 23.1. The maximum absolute atomic E-state index is 13.3. The van der Waals surface area contributed by atoms with Crippen molar-refractivity contribution in [3.8, 4) is 28.4 Å². The van der Waals surface area contributed by atoms with Crippen molar-refractivity contribution in [1.82, 2.24) is 0 Å². The third-order valence-corrected chi connectivity index (χ3v) is 12.5. The molecule has 2 heterocycles. The molecule has 3 aromatic carbocycles. The van der Waals surface area contributed by atoms with Gasteiger partial charge in [0.05, 0.1) is 43.7 Å². The molecule has 0 spiro atoms. The van der Waals surface area contributed by atoms with Crippen LogP contribution in [0.1, 0.15) is 185 Å². The molecular formula is C55H82O9. The highest BCUT2D eigenvalue weighted by molar-refractivity contribution is 5.94. The molecule has 64 heavy (non-hydrogen) atoms. The summed E-state index contributed by atoms with van der Waals surface area (Å²) in [5.74, 6) is 1.50. The molecule has 2 aliphatic rings.